The number of rotatable bonds is 4. The number of hydrogen-bond donors (Lipinski definition) is 2. The maximum absolute atomic E-state index is 12.9. The number of carbonyl (C=O) groups excluding carboxylic acids is 1. The Morgan fingerprint density at radius 2 is 1.83 bits per heavy atom. The highest BCUT2D eigenvalue weighted by atomic mass is 19.1. The van der Waals surface area contributed by atoms with Crippen LogP contribution < -0.4 is 10.6 Å². The van der Waals surface area contributed by atoms with Crippen molar-refractivity contribution in [1.82, 2.24) is 20.1 Å². The Balaban J connectivity index is 1.60. The van der Waals surface area contributed by atoms with Crippen LogP contribution in [0.25, 0.3) is 5.69 Å². The number of nitrogens with one attached hydrogen (secondary N) is 2. The highest BCUT2D eigenvalue weighted by Crippen LogP contribution is 2.15. The molecule has 0 saturated heterocycles. The van der Waals surface area contributed by atoms with Crippen molar-refractivity contribution in [2.75, 3.05) is 5.32 Å². The average molecular weight is 325 g/mol. The molecule has 1 heterocycles. The van der Waals surface area contributed by atoms with Gasteiger partial charge in [-0.05, 0) is 48.9 Å². The molecule has 0 radical (unpaired) electrons. The van der Waals surface area contributed by atoms with E-state index in [1.165, 1.54) is 30.6 Å². The van der Waals surface area contributed by atoms with Gasteiger partial charge in [0.1, 0.15) is 18.5 Å². The van der Waals surface area contributed by atoms with E-state index in [-0.39, 0.29) is 17.9 Å². The summed E-state index contributed by atoms with van der Waals surface area (Å²) in [7, 11) is 0. The molecule has 0 bridgehead atoms. The van der Waals surface area contributed by atoms with Gasteiger partial charge in [0, 0.05) is 5.69 Å². The fourth-order valence-corrected chi connectivity index (χ4v) is 2.24. The van der Waals surface area contributed by atoms with Crippen LogP contribution in [-0.2, 0) is 0 Å². The lowest BCUT2D eigenvalue weighted by atomic mass is 10.1. The van der Waals surface area contributed by atoms with Gasteiger partial charge in [-0.15, -0.1) is 0 Å². The van der Waals surface area contributed by atoms with Gasteiger partial charge in [0.25, 0.3) is 0 Å². The molecule has 2 amide bonds. The largest absolute Gasteiger partial charge is 0.331 e. The highest BCUT2D eigenvalue weighted by Gasteiger charge is 2.10. The summed E-state index contributed by atoms with van der Waals surface area (Å²) in [6.07, 6.45) is 3.09. The number of anilines is 1. The third-order valence-corrected chi connectivity index (χ3v) is 3.53. The van der Waals surface area contributed by atoms with Crippen molar-refractivity contribution in [3.8, 4) is 5.69 Å². The van der Waals surface area contributed by atoms with Crippen molar-refractivity contribution < 1.29 is 9.18 Å². The molecular formula is C17H16FN5O. The first kappa shape index (κ1) is 15.7. The van der Waals surface area contributed by atoms with Gasteiger partial charge in [-0.1, -0.05) is 12.1 Å². The molecule has 3 aromatic rings. The Kier molecular flexibility index (Phi) is 4.51. The van der Waals surface area contributed by atoms with E-state index in [0.717, 1.165) is 11.3 Å². The predicted octanol–water partition coefficient (Wildman–Crippen LogP) is 3.29. The molecule has 0 aliphatic heterocycles. The van der Waals surface area contributed by atoms with Gasteiger partial charge < -0.3 is 10.6 Å². The average Bonchev–Trinajstić information content (AvgIpc) is 3.11. The van der Waals surface area contributed by atoms with E-state index in [4.69, 9.17) is 0 Å². The zero-order valence-electron chi connectivity index (χ0n) is 13.0. The lowest BCUT2D eigenvalue weighted by molar-refractivity contribution is 0.249. The van der Waals surface area contributed by atoms with E-state index in [9.17, 15) is 9.18 Å². The van der Waals surface area contributed by atoms with E-state index in [0.29, 0.717) is 5.69 Å². The van der Waals surface area contributed by atoms with E-state index < -0.39 is 0 Å². The van der Waals surface area contributed by atoms with Crippen LogP contribution in [0, 0.1) is 5.82 Å². The number of aromatic nitrogens is 3. The van der Waals surface area contributed by atoms with Crippen LogP contribution in [0.3, 0.4) is 0 Å². The smallest absolute Gasteiger partial charge is 0.319 e. The zero-order chi connectivity index (χ0) is 16.9. The fourth-order valence-electron chi connectivity index (χ4n) is 2.24. The molecule has 0 saturated carbocycles. The van der Waals surface area contributed by atoms with Crippen LogP contribution in [0.15, 0.2) is 61.2 Å². The lowest BCUT2D eigenvalue weighted by Crippen LogP contribution is -2.31. The molecule has 0 aliphatic rings. The third-order valence-electron chi connectivity index (χ3n) is 3.53. The van der Waals surface area contributed by atoms with Crippen LogP contribution in [0.1, 0.15) is 18.5 Å². The molecule has 2 aromatic carbocycles. The Bertz CT molecular complexity index is 800. The molecule has 7 heteroatoms. The van der Waals surface area contributed by atoms with Crippen molar-refractivity contribution in [3.05, 3.63) is 72.6 Å². The summed E-state index contributed by atoms with van der Waals surface area (Å²) in [5, 5.41) is 9.56. The standard InChI is InChI=1S/C17H16FN5O/c1-12(21-17(24)22-15-6-4-14(18)5-7-15)13-2-8-16(9-3-13)23-11-19-10-20-23/h2-12H,1H3,(H2,21,22,24)/t12-/m0/s1. The second-order valence-corrected chi connectivity index (χ2v) is 5.26. The minimum absolute atomic E-state index is 0.185. The van der Waals surface area contributed by atoms with Crippen molar-refractivity contribution in [3.63, 3.8) is 0 Å². The normalized spacial score (nSPS) is 11.8. The molecule has 0 spiro atoms. The van der Waals surface area contributed by atoms with E-state index >= 15 is 0 Å². The number of carbonyl (C=O) groups is 1. The number of hydrogen-bond acceptors (Lipinski definition) is 3. The van der Waals surface area contributed by atoms with Crippen molar-refractivity contribution in [1.29, 1.82) is 0 Å². The fraction of sp³-hybridized carbons (Fsp3) is 0.118. The molecule has 1 aromatic heterocycles. The minimum atomic E-state index is -0.352. The van der Waals surface area contributed by atoms with E-state index in [1.54, 1.807) is 11.0 Å². The van der Waals surface area contributed by atoms with E-state index in [1.807, 2.05) is 31.2 Å². The van der Waals surface area contributed by atoms with Crippen LogP contribution in [0.2, 0.25) is 0 Å². The summed E-state index contributed by atoms with van der Waals surface area (Å²) in [4.78, 5) is 15.9. The number of halogens is 1. The number of urea groups is 1. The molecule has 0 aliphatic carbocycles. The highest BCUT2D eigenvalue weighted by molar-refractivity contribution is 5.89. The molecule has 0 fully saturated rings. The van der Waals surface area contributed by atoms with Crippen molar-refractivity contribution >= 4 is 11.7 Å². The number of nitrogens with zero attached hydrogens (tertiary/aromatic N) is 3. The van der Waals surface area contributed by atoms with Gasteiger partial charge in [0.2, 0.25) is 0 Å². The molecule has 24 heavy (non-hydrogen) atoms. The monoisotopic (exact) mass is 325 g/mol. The summed E-state index contributed by atoms with van der Waals surface area (Å²) in [5.74, 6) is -0.346. The summed E-state index contributed by atoms with van der Waals surface area (Å²) >= 11 is 0. The lowest BCUT2D eigenvalue weighted by Gasteiger charge is -2.15. The minimum Gasteiger partial charge on any atom is -0.331 e. The molecular weight excluding hydrogens is 309 g/mol. The van der Waals surface area contributed by atoms with Crippen molar-refractivity contribution in [2.45, 2.75) is 13.0 Å². The van der Waals surface area contributed by atoms with E-state index in [2.05, 4.69) is 20.7 Å². The number of amides is 2. The first-order chi connectivity index (χ1) is 11.6. The number of benzene rings is 2. The zero-order valence-corrected chi connectivity index (χ0v) is 13.0. The molecule has 1 atom stereocenters. The predicted molar refractivity (Wildman–Crippen MR) is 88.3 cm³/mol. The van der Waals surface area contributed by atoms with Gasteiger partial charge in [0.15, 0.2) is 0 Å². The molecule has 122 valence electrons. The summed E-state index contributed by atoms with van der Waals surface area (Å²) in [6, 6.07) is 12.7. The maximum atomic E-state index is 12.9. The van der Waals surface area contributed by atoms with Crippen LogP contribution in [0.4, 0.5) is 14.9 Å². The van der Waals surface area contributed by atoms with Crippen LogP contribution >= 0.6 is 0 Å². The maximum Gasteiger partial charge on any atom is 0.319 e. The van der Waals surface area contributed by atoms with Crippen LogP contribution in [0.5, 0.6) is 0 Å². The molecule has 3 rings (SSSR count). The quantitative estimate of drug-likeness (QED) is 0.773. The first-order valence-corrected chi connectivity index (χ1v) is 7.40. The summed E-state index contributed by atoms with van der Waals surface area (Å²) in [6.45, 7) is 1.88. The topological polar surface area (TPSA) is 71.8 Å². The summed E-state index contributed by atoms with van der Waals surface area (Å²) in [5.41, 5.74) is 2.37. The Hall–Kier alpha value is -3.22. The molecule has 0 unspecified atom stereocenters. The van der Waals surface area contributed by atoms with Gasteiger partial charge in [-0.3, -0.25) is 0 Å². The molecule has 6 nitrogen and oxygen atoms in total. The van der Waals surface area contributed by atoms with Gasteiger partial charge in [-0.25, -0.2) is 18.9 Å². The van der Waals surface area contributed by atoms with Crippen molar-refractivity contribution in [2.24, 2.45) is 0 Å². The van der Waals surface area contributed by atoms with Crippen LogP contribution in [-0.4, -0.2) is 20.8 Å². The Morgan fingerprint density at radius 1 is 1.12 bits per heavy atom. The first-order valence-electron chi connectivity index (χ1n) is 7.40. The second-order valence-electron chi connectivity index (χ2n) is 5.26. The van der Waals surface area contributed by atoms with Gasteiger partial charge in [-0.2, -0.15) is 5.10 Å². The van der Waals surface area contributed by atoms with Gasteiger partial charge >= 0.3 is 6.03 Å². The Labute approximate surface area is 138 Å². The third kappa shape index (κ3) is 3.75. The summed E-state index contributed by atoms with van der Waals surface area (Å²) < 4.78 is 14.5. The second kappa shape index (κ2) is 6.91. The molecule has 2 N–H and O–H groups in total. The van der Waals surface area contributed by atoms with Gasteiger partial charge in [0.05, 0.1) is 11.7 Å². The Morgan fingerprint density at radius 3 is 2.46 bits per heavy atom. The SMILES string of the molecule is C[C@H](NC(=O)Nc1ccc(F)cc1)c1ccc(-n2cncn2)cc1.